The van der Waals surface area contributed by atoms with Gasteiger partial charge in [0.2, 0.25) is 5.88 Å². The van der Waals surface area contributed by atoms with Gasteiger partial charge in [0.05, 0.1) is 12.5 Å². The molecule has 1 aromatic rings. The number of nitrogens with two attached hydrogens (primary N) is 1. The van der Waals surface area contributed by atoms with Gasteiger partial charge in [-0.2, -0.15) is 0 Å². The van der Waals surface area contributed by atoms with Crippen molar-refractivity contribution in [2.45, 2.75) is 25.7 Å². The lowest BCUT2D eigenvalue weighted by atomic mass is 9.77. The molecule has 5 nitrogen and oxygen atoms in total. The van der Waals surface area contributed by atoms with Crippen LogP contribution in [0.25, 0.3) is 0 Å². The fourth-order valence-corrected chi connectivity index (χ4v) is 2.46. The van der Waals surface area contributed by atoms with Crippen LogP contribution in [0.15, 0.2) is 18.3 Å². The zero-order valence-corrected chi connectivity index (χ0v) is 11.1. The Balaban J connectivity index is 2.25. The van der Waals surface area contributed by atoms with Gasteiger partial charge in [-0.05, 0) is 24.8 Å². The van der Waals surface area contributed by atoms with Crippen LogP contribution in [0.5, 0.6) is 5.88 Å². The monoisotopic (exact) mass is 264 g/mol. The van der Waals surface area contributed by atoms with E-state index in [2.05, 4.69) is 4.98 Å². The van der Waals surface area contributed by atoms with Gasteiger partial charge in [0.1, 0.15) is 0 Å². The Kier molecular flexibility index (Phi) is 4.04. The van der Waals surface area contributed by atoms with Crippen molar-refractivity contribution < 1.29 is 14.6 Å². The number of nitrogens with zero attached hydrogens (tertiary/aromatic N) is 1. The van der Waals surface area contributed by atoms with Crippen LogP contribution in [0.4, 0.5) is 0 Å². The zero-order chi connectivity index (χ0) is 13.9. The average Bonchev–Trinajstić information content (AvgIpc) is 3.22. The summed E-state index contributed by atoms with van der Waals surface area (Å²) in [4.78, 5) is 15.8. The van der Waals surface area contributed by atoms with Crippen molar-refractivity contribution in [2.24, 2.45) is 17.1 Å². The van der Waals surface area contributed by atoms with Crippen molar-refractivity contribution in [3.63, 3.8) is 0 Å². The molecule has 0 spiro atoms. The SMILES string of the molecule is COc1ncccc1CC(CN)(CC1CC1)C(=O)O. The van der Waals surface area contributed by atoms with Crippen molar-refractivity contribution in [1.82, 2.24) is 4.98 Å². The van der Waals surface area contributed by atoms with Crippen LogP contribution in [0.1, 0.15) is 24.8 Å². The molecule has 0 amide bonds. The molecule has 0 radical (unpaired) electrons. The third-order valence-corrected chi connectivity index (χ3v) is 3.79. The highest BCUT2D eigenvalue weighted by Crippen LogP contribution is 2.42. The number of carbonyl (C=O) groups is 1. The molecule has 0 bridgehead atoms. The maximum atomic E-state index is 11.7. The molecule has 0 aliphatic heterocycles. The van der Waals surface area contributed by atoms with Crippen LogP contribution in [0.3, 0.4) is 0 Å². The van der Waals surface area contributed by atoms with Gasteiger partial charge in [0.15, 0.2) is 0 Å². The molecule has 19 heavy (non-hydrogen) atoms. The van der Waals surface area contributed by atoms with Crippen LogP contribution < -0.4 is 10.5 Å². The zero-order valence-electron chi connectivity index (χ0n) is 11.1. The predicted octanol–water partition coefficient (Wildman–Crippen LogP) is 1.46. The molecule has 1 aliphatic rings. The van der Waals surface area contributed by atoms with Crippen molar-refractivity contribution in [3.05, 3.63) is 23.9 Å². The van der Waals surface area contributed by atoms with Crippen LogP contribution in [-0.4, -0.2) is 29.7 Å². The number of methoxy groups -OCH3 is 1. The largest absolute Gasteiger partial charge is 0.481 e. The highest BCUT2D eigenvalue weighted by atomic mass is 16.5. The summed E-state index contributed by atoms with van der Waals surface area (Å²) in [6.07, 6.45) is 4.86. The van der Waals surface area contributed by atoms with Gasteiger partial charge in [0.25, 0.3) is 0 Å². The van der Waals surface area contributed by atoms with E-state index < -0.39 is 11.4 Å². The van der Waals surface area contributed by atoms with Crippen LogP contribution in [-0.2, 0) is 11.2 Å². The topological polar surface area (TPSA) is 85.4 Å². The van der Waals surface area contributed by atoms with E-state index >= 15 is 0 Å². The molecule has 1 unspecified atom stereocenters. The normalized spacial score (nSPS) is 17.8. The smallest absolute Gasteiger partial charge is 0.311 e. The maximum Gasteiger partial charge on any atom is 0.311 e. The summed E-state index contributed by atoms with van der Waals surface area (Å²) in [6.45, 7) is 0.136. The quantitative estimate of drug-likeness (QED) is 0.778. The number of rotatable bonds is 7. The van der Waals surface area contributed by atoms with Gasteiger partial charge in [-0.3, -0.25) is 4.79 Å². The van der Waals surface area contributed by atoms with Crippen LogP contribution in [0.2, 0.25) is 0 Å². The summed E-state index contributed by atoms with van der Waals surface area (Å²) in [5, 5.41) is 9.58. The molecule has 5 heteroatoms. The fraction of sp³-hybridized carbons (Fsp3) is 0.571. The molecule has 3 N–H and O–H groups in total. The van der Waals surface area contributed by atoms with E-state index in [-0.39, 0.29) is 6.54 Å². The molecule has 0 saturated heterocycles. The van der Waals surface area contributed by atoms with Gasteiger partial charge < -0.3 is 15.6 Å². The Morgan fingerprint density at radius 3 is 2.89 bits per heavy atom. The lowest BCUT2D eigenvalue weighted by Crippen LogP contribution is -2.41. The van der Waals surface area contributed by atoms with E-state index in [1.807, 2.05) is 6.07 Å². The lowest BCUT2D eigenvalue weighted by molar-refractivity contribution is -0.149. The van der Waals surface area contributed by atoms with E-state index in [1.54, 1.807) is 12.3 Å². The number of aliphatic carboxylic acids is 1. The van der Waals surface area contributed by atoms with E-state index in [0.717, 1.165) is 18.4 Å². The number of carboxylic acid groups (broad SMARTS) is 1. The minimum atomic E-state index is -0.905. The second-order valence-corrected chi connectivity index (χ2v) is 5.29. The molecule has 1 saturated carbocycles. The Morgan fingerprint density at radius 1 is 1.63 bits per heavy atom. The Hall–Kier alpha value is -1.62. The van der Waals surface area contributed by atoms with E-state index in [0.29, 0.717) is 24.6 Å². The van der Waals surface area contributed by atoms with E-state index in [4.69, 9.17) is 10.5 Å². The molecular weight excluding hydrogens is 244 g/mol. The number of pyridine rings is 1. The van der Waals surface area contributed by atoms with Crippen molar-refractivity contribution in [2.75, 3.05) is 13.7 Å². The highest BCUT2D eigenvalue weighted by Gasteiger charge is 2.42. The number of ether oxygens (including phenoxy) is 1. The Labute approximate surface area is 112 Å². The maximum absolute atomic E-state index is 11.7. The third-order valence-electron chi connectivity index (χ3n) is 3.79. The number of hydrogen-bond acceptors (Lipinski definition) is 4. The first-order valence-corrected chi connectivity index (χ1v) is 6.52. The molecule has 1 aliphatic carbocycles. The summed E-state index contributed by atoms with van der Waals surface area (Å²) in [6, 6.07) is 3.64. The van der Waals surface area contributed by atoms with Crippen molar-refractivity contribution in [1.29, 1.82) is 0 Å². The van der Waals surface area contributed by atoms with Gasteiger partial charge in [-0.1, -0.05) is 18.9 Å². The van der Waals surface area contributed by atoms with E-state index in [1.165, 1.54) is 7.11 Å². The second kappa shape index (κ2) is 5.57. The second-order valence-electron chi connectivity index (χ2n) is 5.29. The van der Waals surface area contributed by atoms with Gasteiger partial charge in [-0.25, -0.2) is 4.98 Å². The third kappa shape index (κ3) is 3.04. The standard InChI is InChI=1S/C14H20N2O3/c1-19-12-11(3-2-6-16-12)8-14(9-15,13(17)18)7-10-4-5-10/h2-3,6,10H,4-5,7-9,15H2,1H3,(H,17,18). The summed E-state index contributed by atoms with van der Waals surface area (Å²) in [5.41, 5.74) is 5.68. The van der Waals surface area contributed by atoms with Crippen LogP contribution in [0, 0.1) is 11.3 Å². The van der Waals surface area contributed by atoms with Crippen LogP contribution >= 0.6 is 0 Å². The predicted molar refractivity (Wildman–Crippen MR) is 71.0 cm³/mol. The first-order valence-electron chi connectivity index (χ1n) is 6.52. The first kappa shape index (κ1) is 13.8. The molecule has 104 valence electrons. The lowest BCUT2D eigenvalue weighted by Gasteiger charge is -2.28. The fourth-order valence-electron chi connectivity index (χ4n) is 2.46. The summed E-state index contributed by atoms with van der Waals surface area (Å²) < 4.78 is 5.19. The van der Waals surface area contributed by atoms with Crippen molar-refractivity contribution in [3.8, 4) is 5.88 Å². The Morgan fingerprint density at radius 2 is 2.37 bits per heavy atom. The summed E-state index contributed by atoms with van der Waals surface area (Å²) in [5.74, 6) is 0.160. The molecule has 2 rings (SSSR count). The molecule has 1 aromatic heterocycles. The molecule has 1 heterocycles. The van der Waals surface area contributed by atoms with Crippen molar-refractivity contribution >= 4 is 5.97 Å². The minimum Gasteiger partial charge on any atom is -0.481 e. The summed E-state index contributed by atoms with van der Waals surface area (Å²) >= 11 is 0. The Bertz CT molecular complexity index is 460. The molecule has 1 atom stereocenters. The summed E-state index contributed by atoms with van der Waals surface area (Å²) in [7, 11) is 1.54. The van der Waals surface area contributed by atoms with Gasteiger partial charge in [0, 0.05) is 18.3 Å². The minimum absolute atomic E-state index is 0.136. The number of carboxylic acids is 1. The average molecular weight is 264 g/mol. The van der Waals surface area contributed by atoms with E-state index in [9.17, 15) is 9.90 Å². The number of aromatic nitrogens is 1. The molecule has 0 aromatic carbocycles. The molecular formula is C14H20N2O3. The first-order chi connectivity index (χ1) is 9.11. The van der Waals surface area contributed by atoms with Gasteiger partial charge >= 0.3 is 5.97 Å². The number of hydrogen-bond donors (Lipinski definition) is 2. The highest BCUT2D eigenvalue weighted by molar-refractivity contribution is 5.75. The van der Waals surface area contributed by atoms with Gasteiger partial charge in [-0.15, -0.1) is 0 Å². The molecule has 1 fully saturated rings.